The van der Waals surface area contributed by atoms with Crippen LogP contribution in [0.15, 0.2) is 22.7 Å². The number of nitrogens with zero attached hydrogens (tertiary/aromatic N) is 1. The van der Waals surface area contributed by atoms with Crippen molar-refractivity contribution in [1.82, 2.24) is 10.5 Å². The maximum absolute atomic E-state index is 11.4. The molecule has 0 saturated carbocycles. The predicted molar refractivity (Wildman–Crippen MR) is 101 cm³/mol. The van der Waals surface area contributed by atoms with Crippen molar-refractivity contribution in [2.75, 3.05) is 7.11 Å². The van der Waals surface area contributed by atoms with E-state index in [1.54, 1.807) is 7.11 Å². The molecule has 0 amide bonds. The maximum atomic E-state index is 11.4. The number of carboxylic acids is 1. The van der Waals surface area contributed by atoms with Gasteiger partial charge in [-0.1, -0.05) is 25.1 Å². The van der Waals surface area contributed by atoms with E-state index in [0.717, 1.165) is 22.6 Å². The lowest BCUT2D eigenvalue weighted by atomic mass is 10.0. The van der Waals surface area contributed by atoms with Gasteiger partial charge in [-0.2, -0.15) is 0 Å². The lowest BCUT2D eigenvalue weighted by molar-refractivity contribution is -0.140. The SMILES string of the molecule is COc1cc(CN[C@H](CC(C)C)C(=O)O)ccc1OCc1c(C)noc1C. The third kappa shape index (κ3) is 5.72. The third-order valence-electron chi connectivity index (χ3n) is 4.34. The Balaban J connectivity index is 2.03. The highest BCUT2D eigenvalue weighted by atomic mass is 16.5. The van der Waals surface area contributed by atoms with Gasteiger partial charge in [-0.25, -0.2) is 0 Å². The molecule has 1 atom stereocenters. The van der Waals surface area contributed by atoms with E-state index >= 15 is 0 Å². The molecule has 0 aliphatic heterocycles. The van der Waals surface area contributed by atoms with Gasteiger partial charge in [0, 0.05) is 6.54 Å². The molecule has 148 valence electrons. The summed E-state index contributed by atoms with van der Waals surface area (Å²) in [5.74, 6) is 1.40. The Morgan fingerprint density at radius 1 is 1.30 bits per heavy atom. The maximum Gasteiger partial charge on any atom is 0.320 e. The molecule has 1 aromatic heterocycles. The van der Waals surface area contributed by atoms with Crippen molar-refractivity contribution in [1.29, 1.82) is 0 Å². The van der Waals surface area contributed by atoms with Crippen LogP contribution < -0.4 is 14.8 Å². The minimum atomic E-state index is -0.838. The molecule has 7 nitrogen and oxygen atoms in total. The standard InChI is InChI=1S/C20H28N2O5/c1-12(2)8-17(20(23)24)21-10-15-6-7-18(19(9-15)25-5)26-11-16-13(3)22-27-14(16)4/h6-7,9,12,17,21H,8,10-11H2,1-5H3,(H,23,24)/t17-/m1/s1. The zero-order valence-corrected chi connectivity index (χ0v) is 16.5. The molecule has 0 fully saturated rings. The van der Waals surface area contributed by atoms with Crippen LogP contribution in [0.5, 0.6) is 11.5 Å². The van der Waals surface area contributed by atoms with Crippen molar-refractivity contribution in [3.63, 3.8) is 0 Å². The molecule has 0 bridgehead atoms. The minimum Gasteiger partial charge on any atom is -0.493 e. The highest BCUT2D eigenvalue weighted by Crippen LogP contribution is 2.29. The smallest absolute Gasteiger partial charge is 0.320 e. The van der Waals surface area contributed by atoms with Gasteiger partial charge >= 0.3 is 5.97 Å². The Labute approximate surface area is 159 Å². The molecule has 0 spiro atoms. The molecule has 27 heavy (non-hydrogen) atoms. The Morgan fingerprint density at radius 2 is 2.04 bits per heavy atom. The predicted octanol–water partition coefficient (Wildman–Crippen LogP) is 3.47. The van der Waals surface area contributed by atoms with Gasteiger partial charge in [0.1, 0.15) is 18.4 Å². The molecule has 0 aliphatic rings. The summed E-state index contributed by atoms with van der Waals surface area (Å²) in [5.41, 5.74) is 2.64. The zero-order valence-electron chi connectivity index (χ0n) is 16.5. The number of ether oxygens (including phenoxy) is 2. The average Bonchev–Trinajstić information content (AvgIpc) is 2.94. The summed E-state index contributed by atoms with van der Waals surface area (Å²) in [6.45, 7) is 8.50. The average molecular weight is 376 g/mol. The molecule has 0 radical (unpaired) electrons. The van der Waals surface area contributed by atoms with Crippen molar-refractivity contribution in [3.05, 3.63) is 40.8 Å². The van der Waals surface area contributed by atoms with E-state index in [1.165, 1.54) is 0 Å². The molecule has 2 aromatic rings. The first-order valence-electron chi connectivity index (χ1n) is 8.99. The lowest BCUT2D eigenvalue weighted by Gasteiger charge is -2.17. The first kappa shape index (κ1) is 20.8. The fourth-order valence-electron chi connectivity index (χ4n) is 2.78. The van der Waals surface area contributed by atoms with E-state index in [9.17, 15) is 9.90 Å². The van der Waals surface area contributed by atoms with Gasteiger partial charge in [0.25, 0.3) is 0 Å². The minimum absolute atomic E-state index is 0.299. The highest BCUT2D eigenvalue weighted by molar-refractivity contribution is 5.73. The molecule has 1 heterocycles. The highest BCUT2D eigenvalue weighted by Gasteiger charge is 2.18. The van der Waals surface area contributed by atoms with Crippen LogP contribution in [-0.2, 0) is 17.9 Å². The molecule has 2 rings (SSSR count). The van der Waals surface area contributed by atoms with Gasteiger partial charge in [-0.3, -0.25) is 4.79 Å². The number of hydrogen-bond acceptors (Lipinski definition) is 6. The Kier molecular flexibility index (Phi) is 7.24. The molecular weight excluding hydrogens is 348 g/mol. The number of nitrogens with one attached hydrogen (secondary N) is 1. The van der Waals surface area contributed by atoms with Crippen molar-refractivity contribution in [2.45, 2.75) is 53.3 Å². The normalized spacial score (nSPS) is 12.2. The fourth-order valence-corrected chi connectivity index (χ4v) is 2.78. The Morgan fingerprint density at radius 3 is 2.59 bits per heavy atom. The summed E-state index contributed by atoms with van der Waals surface area (Å²) in [6.07, 6.45) is 0.575. The van der Waals surface area contributed by atoms with Crippen molar-refractivity contribution in [3.8, 4) is 11.5 Å². The number of carbonyl (C=O) groups is 1. The van der Waals surface area contributed by atoms with Crippen LogP contribution in [-0.4, -0.2) is 29.4 Å². The first-order chi connectivity index (χ1) is 12.8. The van der Waals surface area contributed by atoms with E-state index < -0.39 is 12.0 Å². The van der Waals surface area contributed by atoms with Crippen LogP contribution in [0.1, 0.15) is 42.8 Å². The number of benzene rings is 1. The van der Waals surface area contributed by atoms with Gasteiger partial charge in [0.05, 0.1) is 18.4 Å². The monoisotopic (exact) mass is 376 g/mol. The number of aryl methyl sites for hydroxylation is 2. The number of rotatable bonds is 10. The number of hydrogen-bond donors (Lipinski definition) is 2. The molecule has 0 unspecified atom stereocenters. The summed E-state index contributed by atoms with van der Waals surface area (Å²) in [6, 6.07) is 4.99. The van der Waals surface area contributed by atoms with Crippen LogP contribution in [0.3, 0.4) is 0 Å². The Hall–Kier alpha value is -2.54. The number of aliphatic carboxylic acids is 1. The second-order valence-electron chi connectivity index (χ2n) is 6.98. The van der Waals surface area contributed by atoms with E-state index in [2.05, 4.69) is 10.5 Å². The van der Waals surface area contributed by atoms with Crippen LogP contribution in [0, 0.1) is 19.8 Å². The summed E-state index contributed by atoms with van der Waals surface area (Å²) < 4.78 is 16.4. The first-order valence-corrected chi connectivity index (χ1v) is 8.99. The molecule has 7 heteroatoms. The zero-order chi connectivity index (χ0) is 20.0. The third-order valence-corrected chi connectivity index (χ3v) is 4.34. The summed E-state index contributed by atoms with van der Waals surface area (Å²) in [4.78, 5) is 11.4. The van der Waals surface area contributed by atoms with Gasteiger partial charge in [0.2, 0.25) is 0 Å². The van der Waals surface area contributed by atoms with Crippen molar-refractivity contribution < 1.29 is 23.9 Å². The van der Waals surface area contributed by atoms with Crippen LogP contribution >= 0.6 is 0 Å². The largest absolute Gasteiger partial charge is 0.493 e. The number of methoxy groups -OCH3 is 1. The molecule has 0 aliphatic carbocycles. The molecular formula is C20H28N2O5. The topological polar surface area (TPSA) is 93.8 Å². The molecule has 0 saturated heterocycles. The van der Waals surface area contributed by atoms with Crippen molar-refractivity contribution >= 4 is 5.97 Å². The van der Waals surface area contributed by atoms with Gasteiger partial charge in [0.15, 0.2) is 11.5 Å². The number of aromatic nitrogens is 1. The van der Waals surface area contributed by atoms with E-state index in [4.69, 9.17) is 14.0 Å². The molecule has 1 aromatic carbocycles. The second kappa shape index (κ2) is 9.41. The van der Waals surface area contributed by atoms with E-state index in [1.807, 2.05) is 45.9 Å². The van der Waals surface area contributed by atoms with E-state index in [-0.39, 0.29) is 0 Å². The van der Waals surface area contributed by atoms with Crippen LogP contribution in [0.4, 0.5) is 0 Å². The van der Waals surface area contributed by atoms with Gasteiger partial charge in [-0.05, 0) is 43.9 Å². The van der Waals surface area contributed by atoms with Crippen molar-refractivity contribution in [2.24, 2.45) is 5.92 Å². The van der Waals surface area contributed by atoms with E-state index in [0.29, 0.717) is 37.0 Å². The fraction of sp³-hybridized carbons (Fsp3) is 0.500. The van der Waals surface area contributed by atoms with Gasteiger partial charge in [-0.15, -0.1) is 0 Å². The summed E-state index contributed by atoms with van der Waals surface area (Å²) in [5, 5.41) is 16.3. The Bertz CT molecular complexity index is 750. The van der Waals surface area contributed by atoms with Crippen LogP contribution in [0.2, 0.25) is 0 Å². The quantitative estimate of drug-likeness (QED) is 0.656. The second-order valence-corrected chi connectivity index (χ2v) is 6.98. The summed E-state index contributed by atoms with van der Waals surface area (Å²) in [7, 11) is 1.58. The molecule has 2 N–H and O–H groups in total. The van der Waals surface area contributed by atoms with Gasteiger partial charge < -0.3 is 24.4 Å². The lowest BCUT2D eigenvalue weighted by Crippen LogP contribution is -2.37. The van der Waals surface area contributed by atoms with Crippen LogP contribution in [0.25, 0.3) is 0 Å². The number of carboxylic acid groups (broad SMARTS) is 1. The summed E-state index contributed by atoms with van der Waals surface area (Å²) >= 11 is 0.